The minimum absolute atomic E-state index is 0.273. The molecule has 1 aliphatic rings. The molecule has 0 spiro atoms. The lowest BCUT2D eigenvalue weighted by molar-refractivity contribution is -0.274. The van der Waals surface area contributed by atoms with E-state index < -0.39 is 18.5 Å². The van der Waals surface area contributed by atoms with E-state index in [1.54, 1.807) is 6.07 Å². The second-order valence-electron chi connectivity index (χ2n) is 7.36. The van der Waals surface area contributed by atoms with Gasteiger partial charge in [-0.25, -0.2) is 4.79 Å². The normalized spacial score (nSPS) is 18.5. The summed E-state index contributed by atoms with van der Waals surface area (Å²) in [5.74, 6) is -0.293. The lowest BCUT2D eigenvalue weighted by atomic mass is 9.70. The van der Waals surface area contributed by atoms with Crippen molar-refractivity contribution in [3.8, 4) is 16.9 Å². The third-order valence-corrected chi connectivity index (χ3v) is 4.95. The van der Waals surface area contributed by atoms with Crippen molar-refractivity contribution >= 4 is 6.09 Å². The first-order valence-electron chi connectivity index (χ1n) is 8.54. The van der Waals surface area contributed by atoms with Crippen molar-refractivity contribution in [2.24, 2.45) is 5.41 Å². The zero-order valence-corrected chi connectivity index (χ0v) is 14.9. The van der Waals surface area contributed by atoms with Crippen LogP contribution in [0.1, 0.15) is 37.4 Å². The van der Waals surface area contributed by atoms with Crippen molar-refractivity contribution in [3.05, 3.63) is 53.6 Å². The third-order valence-electron chi connectivity index (χ3n) is 4.95. The van der Waals surface area contributed by atoms with Gasteiger partial charge in [0.1, 0.15) is 5.75 Å². The van der Waals surface area contributed by atoms with Crippen LogP contribution in [-0.4, -0.2) is 17.6 Å². The highest BCUT2D eigenvalue weighted by Crippen LogP contribution is 2.44. The van der Waals surface area contributed by atoms with Crippen LogP contribution in [0.2, 0.25) is 0 Å². The standard InChI is InChI=1S/C20H20F3NO3/c1-19(2)9-8-12-6-7-14(11-16(12)17(19)24-18(25)26)13-4-3-5-15(10-13)27-20(21,22)23/h3-7,10-11,17,24H,8-9H2,1-2H3,(H,25,26)/t17-/m1/s1. The van der Waals surface area contributed by atoms with Crippen LogP contribution in [0, 0.1) is 5.41 Å². The van der Waals surface area contributed by atoms with Crippen molar-refractivity contribution in [2.75, 3.05) is 0 Å². The Labute approximate surface area is 155 Å². The van der Waals surface area contributed by atoms with Gasteiger partial charge in [-0.3, -0.25) is 0 Å². The van der Waals surface area contributed by atoms with Crippen LogP contribution < -0.4 is 10.1 Å². The van der Waals surface area contributed by atoms with Crippen LogP contribution in [0.4, 0.5) is 18.0 Å². The summed E-state index contributed by atoms with van der Waals surface area (Å²) in [5, 5.41) is 11.8. The molecule has 4 nitrogen and oxygen atoms in total. The first-order chi connectivity index (χ1) is 12.5. The van der Waals surface area contributed by atoms with Crippen LogP contribution in [0.15, 0.2) is 42.5 Å². The topological polar surface area (TPSA) is 58.6 Å². The van der Waals surface area contributed by atoms with E-state index in [1.165, 1.54) is 18.2 Å². The summed E-state index contributed by atoms with van der Waals surface area (Å²) in [6, 6.07) is 11.0. The van der Waals surface area contributed by atoms with Crippen molar-refractivity contribution < 1.29 is 27.8 Å². The Hall–Kier alpha value is -2.70. The van der Waals surface area contributed by atoms with Crippen LogP contribution in [-0.2, 0) is 6.42 Å². The Kier molecular flexibility index (Phi) is 4.80. The number of carboxylic acid groups (broad SMARTS) is 1. The Bertz CT molecular complexity index is 862. The van der Waals surface area contributed by atoms with E-state index in [9.17, 15) is 23.1 Å². The van der Waals surface area contributed by atoms with E-state index >= 15 is 0 Å². The minimum atomic E-state index is -4.75. The van der Waals surface area contributed by atoms with Gasteiger partial charge in [0.15, 0.2) is 0 Å². The van der Waals surface area contributed by atoms with Gasteiger partial charge in [-0.1, -0.05) is 38.1 Å². The highest BCUT2D eigenvalue weighted by atomic mass is 19.4. The van der Waals surface area contributed by atoms with Crippen LogP contribution in [0.25, 0.3) is 11.1 Å². The molecule has 144 valence electrons. The summed E-state index contributed by atoms with van der Waals surface area (Å²) in [4.78, 5) is 11.3. The zero-order chi connectivity index (χ0) is 19.8. The molecule has 1 amide bonds. The van der Waals surface area contributed by atoms with E-state index in [4.69, 9.17) is 0 Å². The fourth-order valence-corrected chi connectivity index (χ4v) is 3.56. The van der Waals surface area contributed by atoms with E-state index in [1.807, 2.05) is 32.0 Å². The molecule has 0 bridgehead atoms. The number of ether oxygens (including phenoxy) is 1. The second kappa shape index (κ2) is 6.79. The van der Waals surface area contributed by atoms with Crippen molar-refractivity contribution in [1.29, 1.82) is 0 Å². The van der Waals surface area contributed by atoms with Crippen molar-refractivity contribution in [1.82, 2.24) is 5.32 Å². The summed E-state index contributed by atoms with van der Waals surface area (Å²) in [6.07, 6.45) is -4.21. The average Bonchev–Trinajstić information content (AvgIpc) is 2.55. The molecule has 0 aliphatic heterocycles. The molecule has 1 aliphatic carbocycles. The molecule has 0 radical (unpaired) electrons. The quantitative estimate of drug-likeness (QED) is 0.737. The van der Waals surface area contributed by atoms with Gasteiger partial charge in [0, 0.05) is 0 Å². The molecule has 0 aromatic heterocycles. The Balaban J connectivity index is 2.00. The number of fused-ring (bicyclic) bond motifs is 1. The van der Waals surface area contributed by atoms with Gasteiger partial charge in [0.05, 0.1) is 6.04 Å². The zero-order valence-electron chi connectivity index (χ0n) is 14.9. The highest BCUT2D eigenvalue weighted by molar-refractivity contribution is 5.69. The van der Waals surface area contributed by atoms with Gasteiger partial charge in [-0.2, -0.15) is 0 Å². The molecule has 0 heterocycles. The summed E-state index contributed by atoms with van der Waals surface area (Å²) < 4.78 is 41.4. The Morgan fingerprint density at radius 2 is 1.89 bits per heavy atom. The molecule has 3 rings (SSSR count). The molecule has 0 saturated carbocycles. The van der Waals surface area contributed by atoms with Gasteiger partial charge >= 0.3 is 12.5 Å². The molecule has 2 aromatic carbocycles. The number of alkyl halides is 3. The predicted molar refractivity (Wildman–Crippen MR) is 94.6 cm³/mol. The van der Waals surface area contributed by atoms with Crippen LogP contribution in [0.5, 0.6) is 5.75 Å². The third kappa shape index (κ3) is 4.35. The molecule has 7 heteroatoms. The van der Waals surface area contributed by atoms with E-state index in [2.05, 4.69) is 10.1 Å². The molecular weight excluding hydrogens is 359 g/mol. The number of carbonyl (C=O) groups is 1. The second-order valence-corrected chi connectivity index (χ2v) is 7.36. The SMILES string of the molecule is CC1(C)CCc2ccc(-c3cccc(OC(F)(F)F)c3)cc2[C@H]1NC(=O)O. The van der Waals surface area contributed by atoms with E-state index in [-0.39, 0.29) is 11.2 Å². The summed E-state index contributed by atoms with van der Waals surface area (Å²) in [7, 11) is 0. The van der Waals surface area contributed by atoms with Gasteiger partial charge in [-0.05, 0) is 58.7 Å². The maximum absolute atomic E-state index is 12.5. The van der Waals surface area contributed by atoms with Crippen molar-refractivity contribution in [2.45, 2.75) is 39.1 Å². The molecule has 0 fully saturated rings. The lowest BCUT2D eigenvalue weighted by Gasteiger charge is -2.40. The molecule has 0 saturated heterocycles. The number of halogens is 3. The Morgan fingerprint density at radius 1 is 1.19 bits per heavy atom. The number of rotatable bonds is 3. The van der Waals surface area contributed by atoms with Crippen molar-refractivity contribution in [3.63, 3.8) is 0 Å². The molecule has 27 heavy (non-hydrogen) atoms. The molecular formula is C20H20F3NO3. The van der Waals surface area contributed by atoms with Gasteiger partial charge in [-0.15, -0.1) is 13.2 Å². The maximum atomic E-state index is 12.5. The van der Waals surface area contributed by atoms with E-state index in [0.29, 0.717) is 11.1 Å². The molecule has 2 N–H and O–H groups in total. The molecule has 0 unspecified atom stereocenters. The predicted octanol–water partition coefficient (Wildman–Crippen LogP) is 5.53. The summed E-state index contributed by atoms with van der Waals surface area (Å²) in [5.41, 5.74) is 2.90. The number of hydrogen-bond donors (Lipinski definition) is 2. The van der Waals surface area contributed by atoms with Gasteiger partial charge in [0.2, 0.25) is 0 Å². The first-order valence-corrected chi connectivity index (χ1v) is 8.54. The molecule has 2 aromatic rings. The number of aryl methyl sites for hydroxylation is 1. The highest BCUT2D eigenvalue weighted by Gasteiger charge is 2.37. The number of benzene rings is 2. The van der Waals surface area contributed by atoms with Crippen LogP contribution >= 0.6 is 0 Å². The average molecular weight is 379 g/mol. The van der Waals surface area contributed by atoms with E-state index in [0.717, 1.165) is 24.0 Å². The maximum Gasteiger partial charge on any atom is 0.573 e. The number of nitrogens with one attached hydrogen (secondary N) is 1. The number of hydrogen-bond acceptors (Lipinski definition) is 2. The minimum Gasteiger partial charge on any atom is -0.465 e. The first kappa shape index (κ1) is 19.1. The van der Waals surface area contributed by atoms with Gasteiger partial charge in [0.25, 0.3) is 0 Å². The lowest BCUT2D eigenvalue weighted by Crippen LogP contribution is -2.40. The molecule has 1 atom stereocenters. The largest absolute Gasteiger partial charge is 0.573 e. The van der Waals surface area contributed by atoms with Crippen LogP contribution in [0.3, 0.4) is 0 Å². The smallest absolute Gasteiger partial charge is 0.465 e. The monoisotopic (exact) mass is 379 g/mol. The fraction of sp³-hybridized carbons (Fsp3) is 0.350. The summed E-state index contributed by atoms with van der Waals surface area (Å²) >= 11 is 0. The van der Waals surface area contributed by atoms with Gasteiger partial charge < -0.3 is 15.2 Å². The summed E-state index contributed by atoms with van der Waals surface area (Å²) in [6.45, 7) is 4.00. The fourth-order valence-electron chi connectivity index (χ4n) is 3.56. The number of amides is 1. The Morgan fingerprint density at radius 3 is 2.56 bits per heavy atom.